The smallest absolute Gasteiger partial charge is 0.352 e. The lowest BCUT2D eigenvalue weighted by Crippen LogP contribution is -2.68. The third kappa shape index (κ3) is 6.20. The van der Waals surface area contributed by atoms with Crippen molar-refractivity contribution in [3.8, 4) is 0 Å². The number of nitrogens with zero attached hydrogens (tertiary/aromatic N) is 2. The first-order valence-electron chi connectivity index (χ1n) is 10.9. The van der Waals surface area contributed by atoms with Crippen molar-refractivity contribution in [1.82, 2.24) is 9.80 Å². The largest absolute Gasteiger partial charge is 0.477 e. The topological polar surface area (TPSA) is 96.1 Å². The molecule has 182 valence electrons. The first-order valence-corrected chi connectivity index (χ1v) is 12.5. The predicted molar refractivity (Wildman–Crippen MR) is 136 cm³/mol. The first-order chi connectivity index (χ1) is 16.3. The van der Waals surface area contributed by atoms with Gasteiger partial charge in [0.15, 0.2) is 0 Å². The SMILES string of the molecule is CN(C)CCOC(c1ccccc1)c1ccccc1.NC1C(=O)N2C(C(=O)O)=C(CCl)CS[C@H]12. The van der Waals surface area contributed by atoms with E-state index in [0.717, 1.165) is 13.2 Å². The van der Waals surface area contributed by atoms with E-state index in [1.165, 1.54) is 27.8 Å². The molecule has 0 spiro atoms. The Kier molecular flexibility index (Phi) is 9.55. The van der Waals surface area contributed by atoms with Gasteiger partial charge in [0, 0.05) is 18.2 Å². The zero-order chi connectivity index (χ0) is 24.7. The van der Waals surface area contributed by atoms with Gasteiger partial charge in [-0.3, -0.25) is 9.69 Å². The molecule has 1 fully saturated rings. The number of nitrogens with two attached hydrogens (primary N) is 1. The molecule has 2 atom stereocenters. The maximum atomic E-state index is 11.4. The van der Waals surface area contributed by atoms with Crippen LogP contribution in [0, 0.1) is 0 Å². The Bertz CT molecular complexity index is 964. The molecular formula is C25H30ClN3O4S. The van der Waals surface area contributed by atoms with E-state index in [1.807, 2.05) is 12.1 Å². The van der Waals surface area contributed by atoms with Gasteiger partial charge in [0.05, 0.1) is 6.61 Å². The van der Waals surface area contributed by atoms with E-state index < -0.39 is 12.0 Å². The summed E-state index contributed by atoms with van der Waals surface area (Å²) in [6.45, 7) is 1.65. The summed E-state index contributed by atoms with van der Waals surface area (Å²) in [5.41, 5.74) is 8.56. The van der Waals surface area contributed by atoms with Crippen molar-refractivity contribution < 1.29 is 19.4 Å². The standard InChI is InChI=1S/C17H21NO.C8H9ClN2O3S/c1-18(2)13-14-19-17(15-9-5-3-6-10-15)16-11-7-4-8-12-16;9-1-3-2-15-7-4(10)6(12)11(7)5(3)8(13)14/h3-12,17H,13-14H2,1-2H3;4,7H,1-2,10H2,(H,13,14)/t;4?,7-/m.1/s1. The minimum Gasteiger partial charge on any atom is -0.477 e. The molecule has 1 amide bonds. The van der Waals surface area contributed by atoms with Crippen molar-refractivity contribution in [2.24, 2.45) is 5.73 Å². The van der Waals surface area contributed by atoms with Gasteiger partial charge in [-0.1, -0.05) is 60.7 Å². The Balaban J connectivity index is 0.000000196. The van der Waals surface area contributed by atoms with E-state index in [9.17, 15) is 9.59 Å². The molecule has 2 heterocycles. The highest BCUT2D eigenvalue weighted by Crippen LogP contribution is 2.39. The first kappa shape index (κ1) is 26.2. The molecule has 34 heavy (non-hydrogen) atoms. The fourth-order valence-electron chi connectivity index (χ4n) is 3.68. The lowest BCUT2D eigenvalue weighted by atomic mass is 10.0. The van der Waals surface area contributed by atoms with Crippen molar-refractivity contribution >= 4 is 35.2 Å². The molecule has 2 aromatic carbocycles. The van der Waals surface area contributed by atoms with Crippen molar-refractivity contribution in [3.63, 3.8) is 0 Å². The third-order valence-corrected chi connectivity index (χ3v) is 7.16. The van der Waals surface area contributed by atoms with Crippen molar-refractivity contribution in [1.29, 1.82) is 0 Å². The van der Waals surface area contributed by atoms with Gasteiger partial charge in [-0.05, 0) is 30.8 Å². The van der Waals surface area contributed by atoms with Gasteiger partial charge < -0.3 is 20.5 Å². The number of benzene rings is 2. The van der Waals surface area contributed by atoms with Crippen LogP contribution < -0.4 is 5.73 Å². The number of thioether (sulfide) groups is 1. The number of fused-ring (bicyclic) bond motifs is 1. The molecule has 0 saturated carbocycles. The summed E-state index contributed by atoms with van der Waals surface area (Å²) in [4.78, 5) is 25.8. The second-order valence-electron chi connectivity index (χ2n) is 8.20. The predicted octanol–water partition coefficient (Wildman–Crippen LogP) is 3.16. The number of β-lactam (4-membered cyclic amide) rings is 1. The number of halogens is 1. The van der Waals surface area contributed by atoms with E-state index in [-0.39, 0.29) is 29.0 Å². The number of carbonyl (C=O) groups excluding carboxylic acids is 1. The Morgan fingerprint density at radius 3 is 2.21 bits per heavy atom. The van der Waals surface area contributed by atoms with Gasteiger partial charge in [-0.25, -0.2) is 4.79 Å². The highest BCUT2D eigenvalue weighted by Gasteiger charge is 2.51. The van der Waals surface area contributed by atoms with Gasteiger partial charge in [0.2, 0.25) is 5.91 Å². The van der Waals surface area contributed by atoms with E-state index in [4.69, 9.17) is 27.2 Å². The van der Waals surface area contributed by atoms with Gasteiger partial charge in [-0.15, -0.1) is 23.4 Å². The molecule has 1 saturated heterocycles. The van der Waals surface area contributed by atoms with Crippen LogP contribution >= 0.6 is 23.4 Å². The molecule has 0 aliphatic carbocycles. The van der Waals surface area contributed by atoms with E-state index in [1.54, 1.807) is 0 Å². The number of hydrogen-bond acceptors (Lipinski definition) is 6. The molecule has 9 heteroatoms. The zero-order valence-corrected chi connectivity index (χ0v) is 20.8. The molecule has 1 unspecified atom stereocenters. The molecule has 4 rings (SSSR count). The van der Waals surface area contributed by atoms with Crippen LogP contribution in [-0.4, -0.2) is 77.1 Å². The van der Waals surface area contributed by atoms with Crippen LogP contribution in [0.3, 0.4) is 0 Å². The van der Waals surface area contributed by atoms with Gasteiger partial charge in [-0.2, -0.15) is 0 Å². The van der Waals surface area contributed by atoms with Crippen molar-refractivity contribution in [3.05, 3.63) is 83.1 Å². The monoisotopic (exact) mass is 503 g/mol. The summed E-state index contributed by atoms with van der Waals surface area (Å²) >= 11 is 7.09. The van der Waals surface area contributed by atoms with Crippen LogP contribution in [0.4, 0.5) is 0 Å². The minimum atomic E-state index is -1.11. The summed E-state index contributed by atoms with van der Waals surface area (Å²) in [5, 5.41) is 8.77. The zero-order valence-electron chi connectivity index (χ0n) is 19.3. The van der Waals surface area contributed by atoms with Crippen molar-refractivity contribution in [2.75, 3.05) is 38.9 Å². The number of carboxylic acids is 1. The number of alkyl halides is 1. The Morgan fingerprint density at radius 2 is 1.74 bits per heavy atom. The highest BCUT2D eigenvalue weighted by molar-refractivity contribution is 8.00. The molecule has 0 bridgehead atoms. The maximum absolute atomic E-state index is 11.4. The Morgan fingerprint density at radius 1 is 1.18 bits per heavy atom. The van der Waals surface area contributed by atoms with Gasteiger partial charge in [0.1, 0.15) is 23.2 Å². The van der Waals surface area contributed by atoms with Crippen LogP contribution in [-0.2, 0) is 14.3 Å². The summed E-state index contributed by atoms with van der Waals surface area (Å²) in [6, 6.07) is 20.2. The summed E-state index contributed by atoms with van der Waals surface area (Å²) in [7, 11) is 4.12. The quantitative estimate of drug-likeness (QED) is 0.422. The van der Waals surface area contributed by atoms with Crippen molar-refractivity contribution in [2.45, 2.75) is 17.5 Å². The Labute approximate surface area is 209 Å². The van der Waals surface area contributed by atoms with Crippen LogP contribution in [0.25, 0.3) is 0 Å². The number of carboxylic acid groups (broad SMARTS) is 1. The average Bonchev–Trinajstić information content (AvgIpc) is 2.86. The number of likely N-dealkylation sites (N-methyl/N-ethyl adjacent to an activating group) is 1. The third-order valence-electron chi connectivity index (χ3n) is 5.48. The minimum absolute atomic E-state index is 0.0143. The van der Waals surface area contributed by atoms with E-state index in [0.29, 0.717) is 11.3 Å². The Hall–Kier alpha value is -2.36. The molecule has 3 N–H and O–H groups in total. The summed E-state index contributed by atoms with van der Waals surface area (Å²) in [6.07, 6.45) is 0.0161. The van der Waals surface area contributed by atoms with E-state index in [2.05, 4.69) is 67.5 Å². The van der Waals surface area contributed by atoms with Crippen LogP contribution in [0.2, 0.25) is 0 Å². The second kappa shape index (κ2) is 12.4. The number of carbonyl (C=O) groups is 2. The molecular weight excluding hydrogens is 474 g/mol. The molecule has 0 radical (unpaired) electrons. The van der Waals surface area contributed by atoms with Crippen LogP contribution in [0.1, 0.15) is 17.2 Å². The van der Waals surface area contributed by atoms with E-state index >= 15 is 0 Å². The summed E-state index contributed by atoms with van der Waals surface area (Å²) in [5.74, 6) is -0.809. The average molecular weight is 504 g/mol. The lowest BCUT2D eigenvalue weighted by Gasteiger charge is -2.47. The van der Waals surface area contributed by atoms with Crippen LogP contribution in [0.5, 0.6) is 0 Å². The molecule has 2 aliphatic heterocycles. The normalized spacial score (nSPS) is 19.5. The molecule has 0 aromatic heterocycles. The molecule has 2 aliphatic rings. The second-order valence-corrected chi connectivity index (χ2v) is 9.57. The van der Waals surface area contributed by atoms with Crippen LogP contribution in [0.15, 0.2) is 71.9 Å². The number of amides is 1. The number of hydrogen-bond donors (Lipinski definition) is 2. The van der Waals surface area contributed by atoms with Gasteiger partial charge >= 0.3 is 5.97 Å². The highest BCUT2D eigenvalue weighted by atomic mass is 35.5. The molecule has 7 nitrogen and oxygen atoms in total. The maximum Gasteiger partial charge on any atom is 0.352 e. The number of ether oxygens (including phenoxy) is 1. The fourth-order valence-corrected chi connectivity index (χ4v) is 5.30. The van der Waals surface area contributed by atoms with Gasteiger partial charge in [0.25, 0.3) is 0 Å². The fraction of sp³-hybridized carbons (Fsp3) is 0.360. The lowest BCUT2D eigenvalue weighted by molar-refractivity contribution is -0.147. The summed E-state index contributed by atoms with van der Waals surface area (Å²) < 4.78 is 6.08. The number of aliphatic carboxylic acids is 1. The molecule has 2 aromatic rings. The number of rotatable bonds is 8.